The number of rotatable bonds is 5. The Balaban J connectivity index is 1.77. The van der Waals surface area contributed by atoms with Gasteiger partial charge in [-0.05, 0) is 31.0 Å². The Hall–Kier alpha value is -3.03. The van der Waals surface area contributed by atoms with Crippen LogP contribution in [0.3, 0.4) is 0 Å². The molecule has 1 aromatic heterocycles. The smallest absolute Gasteiger partial charge is 0.267 e. The highest BCUT2D eigenvalue weighted by Crippen LogP contribution is 2.38. The largest absolute Gasteiger partial charge is 0.493 e. The molecule has 0 aliphatic carbocycles. The van der Waals surface area contributed by atoms with Gasteiger partial charge in [0, 0.05) is 30.1 Å². The molecule has 168 valence electrons. The van der Waals surface area contributed by atoms with E-state index in [4.69, 9.17) is 14.2 Å². The fraction of sp³-hybridized carbons (Fsp3) is 0.522. The highest BCUT2D eigenvalue weighted by atomic mass is 16.5. The van der Waals surface area contributed by atoms with E-state index in [0.29, 0.717) is 48.7 Å². The van der Waals surface area contributed by atoms with Gasteiger partial charge in [0.1, 0.15) is 0 Å². The second-order valence-electron chi connectivity index (χ2n) is 8.69. The van der Waals surface area contributed by atoms with Crippen LogP contribution in [0.15, 0.2) is 29.1 Å². The number of hydrogen-bond donors (Lipinski definition) is 0. The van der Waals surface area contributed by atoms with Crippen molar-refractivity contribution in [2.24, 2.45) is 0 Å². The number of likely N-dealkylation sites (tertiary alicyclic amines) is 1. The van der Waals surface area contributed by atoms with Crippen molar-refractivity contribution in [1.29, 1.82) is 0 Å². The molecule has 2 aromatic rings. The predicted octanol–water partition coefficient (Wildman–Crippen LogP) is 3.04. The number of carbonyl (C=O) groups is 1. The molecule has 8 heteroatoms. The minimum atomic E-state index is -0.140. The Bertz CT molecular complexity index is 976. The van der Waals surface area contributed by atoms with Crippen molar-refractivity contribution in [2.75, 3.05) is 34.4 Å². The lowest BCUT2D eigenvalue weighted by Gasteiger charge is -2.33. The lowest BCUT2D eigenvalue weighted by molar-refractivity contribution is 0.0686. The number of hydrogen-bond acceptors (Lipinski definition) is 6. The number of aromatic nitrogens is 2. The number of piperidine rings is 1. The first kappa shape index (κ1) is 22.7. The van der Waals surface area contributed by atoms with Gasteiger partial charge in [0.05, 0.1) is 33.1 Å². The number of amides is 1. The highest BCUT2D eigenvalue weighted by Gasteiger charge is 2.28. The summed E-state index contributed by atoms with van der Waals surface area (Å²) in [4.78, 5) is 27.3. The van der Waals surface area contributed by atoms with Gasteiger partial charge in [-0.25, -0.2) is 4.68 Å². The molecule has 1 aromatic carbocycles. The monoisotopic (exact) mass is 429 g/mol. The summed E-state index contributed by atoms with van der Waals surface area (Å²) in [6.07, 6.45) is 1.33. The first-order valence-electron chi connectivity index (χ1n) is 10.4. The van der Waals surface area contributed by atoms with Crippen molar-refractivity contribution in [1.82, 2.24) is 14.7 Å². The summed E-state index contributed by atoms with van der Waals surface area (Å²) in [5, 5.41) is 4.61. The Morgan fingerprint density at radius 2 is 1.58 bits per heavy atom. The maximum Gasteiger partial charge on any atom is 0.267 e. The average Bonchev–Trinajstić information content (AvgIpc) is 2.77. The van der Waals surface area contributed by atoms with Gasteiger partial charge in [-0.3, -0.25) is 9.59 Å². The Morgan fingerprint density at radius 1 is 1.00 bits per heavy atom. The number of carbonyl (C=O) groups excluding carboxylic acids is 1. The molecule has 1 aliphatic heterocycles. The molecular formula is C23H31N3O5. The molecule has 31 heavy (non-hydrogen) atoms. The van der Waals surface area contributed by atoms with Crippen LogP contribution in [-0.2, 0) is 5.41 Å². The van der Waals surface area contributed by atoms with Crippen LogP contribution >= 0.6 is 0 Å². The van der Waals surface area contributed by atoms with E-state index in [1.165, 1.54) is 21.3 Å². The summed E-state index contributed by atoms with van der Waals surface area (Å²) < 4.78 is 17.6. The molecule has 1 fully saturated rings. The van der Waals surface area contributed by atoms with Crippen LogP contribution in [0.4, 0.5) is 0 Å². The van der Waals surface area contributed by atoms with Gasteiger partial charge in [0.25, 0.3) is 11.5 Å². The molecule has 2 heterocycles. The van der Waals surface area contributed by atoms with Gasteiger partial charge in [0.2, 0.25) is 5.75 Å². The van der Waals surface area contributed by atoms with Crippen molar-refractivity contribution >= 4 is 5.91 Å². The first-order chi connectivity index (χ1) is 14.7. The van der Waals surface area contributed by atoms with Crippen molar-refractivity contribution in [2.45, 2.75) is 45.1 Å². The molecule has 0 spiro atoms. The van der Waals surface area contributed by atoms with Gasteiger partial charge in [-0.15, -0.1) is 0 Å². The number of nitrogens with zero attached hydrogens (tertiary/aromatic N) is 3. The second kappa shape index (κ2) is 8.99. The van der Waals surface area contributed by atoms with Crippen molar-refractivity contribution in [3.63, 3.8) is 0 Å². The summed E-state index contributed by atoms with van der Waals surface area (Å²) in [7, 11) is 4.57. The standard InChI is InChI=1S/C23H31N3O5/c1-23(2,3)19-7-8-20(27)26(24-19)16-9-11-25(12-10-16)22(28)15-13-17(29-4)21(31-6)18(14-15)30-5/h7-8,13-14,16H,9-12H2,1-6H3. The molecule has 0 atom stereocenters. The third kappa shape index (κ3) is 4.68. The number of methoxy groups -OCH3 is 3. The molecule has 0 unspecified atom stereocenters. The first-order valence-corrected chi connectivity index (χ1v) is 10.4. The van der Waals surface area contributed by atoms with E-state index in [9.17, 15) is 9.59 Å². The third-order valence-corrected chi connectivity index (χ3v) is 5.60. The van der Waals surface area contributed by atoms with Crippen molar-refractivity contribution < 1.29 is 19.0 Å². The zero-order valence-corrected chi connectivity index (χ0v) is 19.1. The van der Waals surface area contributed by atoms with Gasteiger partial charge >= 0.3 is 0 Å². The van der Waals surface area contributed by atoms with Crippen LogP contribution in [0.2, 0.25) is 0 Å². The Kier molecular flexibility index (Phi) is 6.57. The van der Waals surface area contributed by atoms with E-state index in [-0.39, 0.29) is 22.9 Å². The normalized spacial score (nSPS) is 15.0. The van der Waals surface area contributed by atoms with E-state index in [0.717, 1.165) is 5.69 Å². The van der Waals surface area contributed by atoms with E-state index in [2.05, 4.69) is 25.9 Å². The van der Waals surface area contributed by atoms with E-state index >= 15 is 0 Å². The summed E-state index contributed by atoms with van der Waals surface area (Å²) in [6, 6.07) is 6.67. The van der Waals surface area contributed by atoms with Crippen molar-refractivity contribution in [3.05, 3.63) is 45.9 Å². The lowest BCUT2D eigenvalue weighted by atomic mass is 9.92. The minimum absolute atomic E-state index is 0.0289. The topological polar surface area (TPSA) is 82.9 Å². The van der Waals surface area contributed by atoms with Gasteiger partial charge in [-0.1, -0.05) is 20.8 Å². The summed E-state index contributed by atoms with van der Waals surface area (Å²) in [6.45, 7) is 7.29. The van der Waals surface area contributed by atoms with Crippen LogP contribution in [0.25, 0.3) is 0 Å². The molecule has 1 aliphatic rings. The molecule has 1 amide bonds. The second-order valence-corrected chi connectivity index (χ2v) is 8.69. The van der Waals surface area contributed by atoms with E-state index < -0.39 is 0 Å². The maximum absolute atomic E-state index is 13.1. The summed E-state index contributed by atoms with van der Waals surface area (Å²) in [5.74, 6) is 1.22. The summed E-state index contributed by atoms with van der Waals surface area (Å²) in [5.41, 5.74) is 1.10. The number of benzene rings is 1. The Morgan fingerprint density at radius 3 is 2.06 bits per heavy atom. The highest BCUT2D eigenvalue weighted by molar-refractivity contribution is 5.95. The molecule has 3 rings (SSSR count). The van der Waals surface area contributed by atoms with E-state index in [1.54, 1.807) is 33.8 Å². The van der Waals surface area contributed by atoms with Crippen LogP contribution in [0, 0.1) is 0 Å². The predicted molar refractivity (Wildman–Crippen MR) is 117 cm³/mol. The van der Waals surface area contributed by atoms with Gasteiger partial charge in [0.15, 0.2) is 11.5 Å². The average molecular weight is 430 g/mol. The van der Waals surface area contributed by atoms with Crippen LogP contribution in [0.1, 0.15) is 55.7 Å². The molecule has 0 radical (unpaired) electrons. The van der Waals surface area contributed by atoms with Gasteiger partial charge < -0.3 is 19.1 Å². The fourth-order valence-corrected chi connectivity index (χ4v) is 3.79. The zero-order valence-electron chi connectivity index (χ0n) is 19.1. The maximum atomic E-state index is 13.1. The molecule has 8 nitrogen and oxygen atoms in total. The quantitative estimate of drug-likeness (QED) is 0.727. The molecular weight excluding hydrogens is 398 g/mol. The zero-order chi connectivity index (χ0) is 22.8. The third-order valence-electron chi connectivity index (χ3n) is 5.60. The van der Waals surface area contributed by atoms with Gasteiger partial charge in [-0.2, -0.15) is 5.10 Å². The molecule has 0 saturated carbocycles. The Labute approximate surface area is 182 Å². The molecule has 0 N–H and O–H groups in total. The summed E-state index contributed by atoms with van der Waals surface area (Å²) >= 11 is 0. The van der Waals surface area contributed by atoms with Crippen LogP contribution in [0.5, 0.6) is 17.2 Å². The molecule has 0 bridgehead atoms. The van der Waals surface area contributed by atoms with Crippen LogP contribution < -0.4 is 19.8 Å². The van der Waals surface area contributed by atoms with E-state index in [1.807, 2.05) is 0 Å². The SMILES string of the molecule is COc1cc(C(=O)N2CCC(n3nc(C(C)(C)C)ccc3=O)CC2)cc(OC)c1OC. The van der Waals surface area contributed by atoms with Crippen molar-refractivity contribution in [3.8, 4) is 17.2 Å². The van der Waals surface area contributed by atoms with Crippen LogP contribution in [-0.4, -0.2) is 55.0 Å². The fourth-order valence-electron chi connectivity index (χ4n) is 3.79. The lowest BCUT2D eigenvalue weighted by Crippen LogP contribution is -2.41. The number of ether oxygens (including phenoxy) is 3. The minimum Gasteiger partial charge on any atom is -0.493 e. The molecule has 1 saturated heterocycles.